The number of nitrogens with zero attached hydrogens (tertiary/aromatic N) is 4. The third kappa shape index (κ3) is 3.98. The van der Waals surface area contributed by atoms with Gasteiger partial charge in [0.1, 0.15) is 0 Å². The first-order valence-corrected chi connectivity index (χ1v) is 8.73. The Balaban J connectivity index is 2.09. The second-order valence-corrected chi connectivity index (χ2v) is 7.56. The fourth-order valence-corrected chi connectivity index (χ4v) is 3.53. The fraction of sp³-hybridized carbons (Fsp3) is 0.571. The van der Waals surface area contributed by atoms with Crippen molar-refractivity contribution in [2.24, 2.45) is 0 Å². The van der Waals surface area contributed by atoms with Crippen LogP contribution in [0.4, 0.5) is 0 Å². The molecule has 8 nitrogen and oxygen atoms in total. The van der Waals surface area contributed by atoms with E-state index in [0.717, 1.165) is 0 Å². The maximum Gasteiger partial charge on any atom is 0.281 e. The zero-order valence-corrected chi connectivity index (χ0v) is 14.4. The van der Waals surface area contributed by atoms with Crippen molar-refractivity contribution in [1.82, 2.24) is 18.5 Å². The van der Waals surface area contributed by atoms with Gasteiger partial charge in [0.2, 0.25) is 5.88 Å². The van der Waals surface area contributed by atoms with Gasteiger partial charge in [0.05, 0.1) is 7.11 Å². The van der Waals surface area contributed by atoms with Gasteiger partial charge in [-0.1, -0.05) is 0 Å². The lowest BCUT2D eigenvalue weighted by atomic mass is 10.2. The maximum absolute atomic E-state index is 12.6. The van der Waals surface area contributed by atoms with Crippen molar-refractivity contribution < 1.29 is 17.9 Å². The summed E-state index contributed by atoms with van der Waals surface area (Å²) in [5, 5.41) is 0. The third-order valence-electron chi connectivity index (χ3n) is 3.72. The van der Waals surface area contributed by atoms with E-state index >= 15 is 0 Å². The Labute approximate surface area is 136 Å². The van der Waals surface area contributed by atoms with E-state index in [0.29, 0.717) is 37.5 Å². The van der Waals surface area contributed by atoms with Crippen molar-refractivity contribution in [3.05, 3.63) is 23.9 Å². The lowest BCUT2D eigenvalue weighted by Gasteiger charge is -2.24. The van der Waals surface area contributed by atoms with Crippen LogP contribution >= 0.6 is 0 Å². The molecule has 1 amide bonds. The molecule has 9 heteroatoms. The van der Waals surface area contributed by atoms with Crippen molar-refractivity contribution >= 4 is 16.1 Å². The van der Waals surface area contributed by atoms with Gasteiger partial charge in [-0.15, -0.1) is 0 Å². The molecule has 23 heavy (non-hydrogen) atoms. The molecule has 1 fully saturated rings. The predicted molar refractivity (Wildman–Crippen MR) is 85.5 cm³/mol. The van der Waals surface area contributed by atoms with Crippen molar-refractivity contribution in [3.8, 4) is 5.88 Å². The monoisotopic (exact) mass is 342 g/mol. The number of carbonyl (C=O) groups is 1. The molecular weight excluding hydrogens is 320 g/mol. The normalized spacial score (nSPS) is 17.1. The highest BCUT2D eigenvalue weighted by Crippen LogP contribution is 2.15. The molecule has 0 spiro atoms. The van der Waals surface area contributed by atoms with E-state index < -0.39 is 10.2 Å². The second kappa shape index (κ2) is 7.24. The van der Waals surface area contributed by atoms with Crippen LogP contribution < -0.4 is 4.74 Å². The van der Waals surface area contributed by atoms with Crippen LogP contribution in [0.3, 0.4) is 0 Å². The van der Waals surface area contributed by atoms with Crippen molar-refractivity contribution in [2.45, 2.75) is 6.42 Å². The van der Waals surface area contributed by atoms with E-state index in [1.807, 2.05) is 0 Å². The molecule has 0 aliphatic carbocycles. The van der Waals surface area contributed by atoms with Gasteiger partial charge < -0.3 is 9.64 Å². The largest absolute Gasteiger partial charge is 0.481 e. The Kier molecular flexibility index (Phi) is 5.55. The number of ether oxygens (including phenoxy) is 1. The summed E-state index contributed by atoms with van der Waals surface area (Å²) in [5.74, 6) is 0.234. The Morgan fingerprint density at radius 1 is 1.26 bits per heavy atom. The van der Waals surface area contributed by atoms with Crippen molar-refractivity contribution in [1.29, 1.82) is 0 Å². The van der Waals surface area contributed by atoms with Crippen LogP contribution in [0.25, 0.3) is 0 Å². The van der Waals surface area contributed by atoms with Gasteiger partial charge in [0, 0.05) is 58.1 Å². The van der Waals surface area contributed by atoms with Gasteiger partial charge in [-0.2, -0.15) is 17.0 Å². The summed E-state index contributed by atoms with van der Waals surface area (Å²) in [6.45, 7) is 1.57. The highest BCUT2D eigenvalue weighted by Gasteiger charge is 2.28. The molecule has 0 unspecified atom stereocenters. The van der Waals surface area contributed by atoms with Crippen LogP contribution in [0.5, 0.6) is 5.88 Å². The minimum absolute atomic E-state index is 0.144. The Morgan fingerprint density at radius 2 is 2.00 bits per heavy atom. The lowest BCUT2D eigenvalue weighted by Crippen LogP contribution is -2.42. The number of pyridine rings is 1. The highest BCUT2D eigenvalue weighted by atomic mass is 32.2. The van der Waals surface area contributed by atoms with Crippen LogP contribution in [0.15, 0.2) is 18.3 Å². The highest BCUT2D eigenvalue weighted by molar-refractivity contribution is 7.86. The molecule has 0 bridgehead atoms. The molecule has 1 aromatic rings. The Bertz CT molecular complexity index is 662. The van der Waals surface area contributed by atoms with E-state index in [1.165, 1.54) is 36.0 Å². The summed E-state index contributed by atoms with van der Waals surface area (Å²) in [5.41, 5.74) is 0.487. The van der Waals surface area contributed by atoms with Gasteiger partial charge in [0.15, 0.2) is 0 Å². The molecular formula is C14H22N4O4S. The molecule has 0 atom stereocenters. The molecule has 2 heterocycles. The quantitative estimate of drug-likeness (QED) is 0.772. The average Bonchev–Trinajstić information content (AvgIpc) is 2.80. The SMILES string of the molecule is COc1cc(C(=O)N2CCCN(S(=O)(=O)N(C)C)CC2)ccn1. The first kappa shape index (κ1) is 17.6. The van der Waals surface area contributed by atoms with Crippen LogP contribution in [-0.4, -0.2) is 80.2 Å². The van der Waals surface area contributed by atoms with E-state index in [4.69, 9.17) is 4.74 Å². The number of methoxy groups -OCH3 is 1. The summed E-state index contributed by atoms with van der Waals surface area (Å²) in [6, 6.07) is 3.21. The van der Waals surface area contributed by atoms with E-state index in [1.54, 1.807) is 17.0 Å². The standard InChI is InChI=1S/C14H22N4O4S/c1-16(2)23(20,21)18-8-4-7-17(9-10-18)14(19)12-5-6-15-13(11-12)22-3/h5-6,11H,4,7-10H2,1-3H3. The van der Waals surface area contributed by atoms with Crippen LogP contribution in [0, 0.1) is 0 Å². The number of hydrogen-bond acceptors (Lipinski definition) is 5. The molecule has 2 rings (SSSR count). The molecule has 0 N–H and O–H groups in total. The van der Waals surface area contributed by atoms with Gasteiger partial charge in [-0.25, -0.2) is 4.98 Å². The predicted octanol–water partition coefficient (Wildman–Crippen LogP) is 0.0445. The third-order valence-corrected chi connectivity index (χ3v) is 5.66. The number of hydrogen-bond donors (Lipinski definition) is 0. The molecule has 0 aromatic carbocycles. The zero-order chi connectivity index (χ0) is 17.0. The summed E-state index contributed by atoms with van der Waals surface area (Å²) < 4.78 is 32.0. The summed E-state index contributed by atoms with van der Waals surface area (Å²) in [6.07, 6.45) is 2.12. The number of carbonyl (C=O) groups excluding carboxylic acids is 1. The van der Waals surface area contributed by atoms with Crippen LogP contribution in [0.2, 0.25) is 0 Å². The minimum Gasteiger partial charge on any atom is -0.481 e. The van der Waals surface area contributed by atoms with E-state index in [-0.39, 0.29) is 12.5 Å². The number of rotatable bonds is 4. The van der Waals surface area contributed by atoms with Gasteiger partial charge in [0.25, 0.3) is 16.1 Å². The van der Waals surface area contributed by atoms with E-state index in [2.05, 4.69) is 4.98 Å². The molecule has 128 valence electrons. The summed E-state index contributed by atoms with van der Waals surface area (Å²) in [7, 11) is 1.06. The molecule has 0 saturated carbocycles. The van der Waals surface area contributed by atoms with E-state index in [9.17, 15) is 13.2 Å². The van der Waals surface area contributed by atoms with Crippen molar-refractivity contribution in [3.63, 3.8) is 0 Å². The molecule has 1 aromatic heterocycles. The first-order valence-electron chi connectivity index (χ1n) is 7.33. The average molecular weight is 342 g/mol. The Morgan fingerprint density at radius 3 is 2.65 bits per heavy atom. The summed E-state index contributed by atoms with van der Waals surface area (Å²) in [4.78, 5) is 18.2. The topological polar surface area (TPSA) is 83.0 Å². The maximum atomic E-state index is 12.6. The molecule has 1 aliphatic rings. The first-order chi connectivity index (χ1) is 10.9. The lowest BCUT2D eigenvalue weighted by molar-refractivity contribution is 0.0763. The second-order valence-electron chi connectivity index (χ2n) is 5.42. The zero-order valence-electron chi connectivity index (χ0n) is 13.6. The molecule has 0 radical (unpaired) electrons. The summed E-state index contributed by atoms with van der Waals surface area (Å²) >= 11 is 0. The fourth-order valence-electron chi connectivity index (χ4n) is 2.40. The van der Waals surface area contributed by atoms with Gasteiger partial charge in [-0.3, -0.25) is 4.79 Å². The van der Waals surface area contributed by atoms with Gasteiger partial charge >= 0.3 is 0 Å². The smallest absolute Gasteiger partial charge is 0.281 e. The molecule has 1 saturated heterocycles. The minimum atomic E-state index is -3.45. The Hall–Kier alpha value is -1.71. The van der Waals surface area contributed by atoms with Crippen molar-refractivity contribution in [2.75, 3.05) is 47.4 Å². The molecule has 1 aliphatic heterocycles. The van der Waals surface area contributed by atoms with Crippen LogP contribution in [0.1, 0.15) is 16.8 Å². The van der Waals surface area contributed by atoms with Gasteiger partial charge in [-0.05, 0) is 12.5 Å². The number of aromatic nitrogens is 1. The van der Waals surface area contributed by atoms with Crippen LogP contribution in [-0.2, 0) is 10.2 Å². The number of amides is 1.